The van der Waals surface area contributed by atoms with Crippen molar-refractivity contribution in [1.82, 2.24) is 0 Å². The highest BCUT2D eigenvalue weighted by molar-refractivity contribution is 5.74. The Hall–Kier alpha value is -2.17. The van der Waals surface area contributed by atoms with Gasteiger partial charge in [0.15, 0.2) is 11.6 Å². The largest absolute Gasteiger partial charge is 0.381 e. The highest BCUT2D eigenvalue weighted by atomic mass is 19.2. The molecule has 1 aliphatic rings. The Kier molecular flexibility index (Phi) is 3.51. The van der Waals surface area contributed by atoms with Crippen molar-refractivity contribution >= 4 is 11.4 Å². The molecule has 22 heavy (non-hydrogen) atoms. The Morgan fingerprint density at radius 2 is 1.82 bits per heavy atom. The molecule has 0 unspecified atom stereocenters. The average Bonchev–Trinajstić information content (AvgIpc) is 2.45. The minimum Gasteiger partial charge on any atom is -0.381 e. The van der Waals surface area contributed by atoms with Crippen molar-refractivity contribution in [3.63, 3.8) is 0 Å². The fourth-order valence-electron chi connectivity index (χ4n) is 2.75. The molecule has 0 spiro atoms. The zero-order valence-corrected chi connectivity index (χ0v) is 12.5. The lowest BCUT2D eigenvalue weighted by Crippen LogP contribution is -2.51. The molecule has 0 radical (unpaired) electrons. The Balaban J connectivity index is 2.03. The van der Waals surface area contributed by atoms with E-state index in [1.807, 2.05) is 24.8 Å². The summed E-state index contributed by atoms with van der Waals surface area (Å²) in [4.78, 5) is 1.97. The van der Waals surface area contributed by atoms with Crippen LogP contribution in [0.2, 0.25) is 0 Å². The SMILES string of the molecule is CC1(C)CNc2cc(F)c(F)cc2N1Cc1cccc(F)c1. The second-order valence-corrected chi connectivity index (χ2v) is 6.17. The first-order chi connectivity index (χ1) is 10.4. The third-order valence-electron chi connectivity index (χ3n) is 4.00. The second-order valence-electron chi connectivity index (χ2n) is 6.17. The number of nitrogens with one attached hydrogen (secondary N) is 1. The van der Waals surface area contributed by atoms with Gasteiger partial charge < -0.3 is 10.2 Å². The molecule has 1 aliphatic heterocycles. The molecule has 0 saturated heterocycles. The van der Waals surface area contributed by atoms with Gasteiger partial charge in [-0.15, -0.1) is 0 Å². The highest BCUT2D eigenvalue weighted by Crippen LogP contribution is 2.38. The van der Waals surface area contributed by atoms with Gasteiger partial charge in [0.05, 0.1) is 16.9 Å². The maximum absolute atomic E-state index is 13.6. The number of halogens is 3. The van der Waals surface area contributed by atoms with E-state index in [0.717, 1.165) is 5.56 Å². The lowest BCUT2D eigenvalue weighted by Gasteiger charge is -2.45. The van der Waals surface area contributed by atoms with Crippen LogP contribution < -0.4 is 10.2 Å². The monoisotopic (exact) mass is 306 g/mol. The molecule has 1 N–H and O–H groups in total. The molecule has 2 aromatic carbocycles. The van der Waals surface area contributed by atoms with Crippen LogP contribution >= 0.6 is 0 Å². The van der Waals surface area contributed by atoms with Gasteiger partial charge in [-0.3, -0.25) is 0 Å². The molecular weight excluding hydrogens is 289 g/mol. The molecule has 0 amide bonds. The van der Waals surface area contributed by atoms with Crippen LogP contribution in [0.3, 0.4) is 0 Å². The first-order valence-corrected chi connectivity index (χ1v) is 7.12. The number of benzene rings is 2. The van der Waals surface area contributed by atoms with Crippen LogP contribution in [-0.4, -0.2) is 12.1 Å². The predicted octanol–water partition coefficient (Wildman–Crippen LogP) is 4.31. The van der Waals surface area contributed by atoms with Crippen molar-refractivity contribution in [1.29, 1.82) is 0 Å². The Morgan fingerprint density at radius 3 is 2.55 bits per heavy atom. The van der Waals surface area contributed by atoms with E-state index < -0.39 is 11.6 Å². The van der Waals surface area contributed by atoms with E-state index in [-0.39, 0.29) is 11.4 Å². The quantitative estimate of drug-likeness (QED) is 0.889. The first-order valence-electron chi connectivity index (χ1n) is 7.12. The molecule has 0 bridgehead atoms. The van der Waals surface area contributed by atoms with E-state index in [4.69, 9.17) is 0 Å². The standard InChI is InChI=1S/C17H17F3N2/c1-17(2)10-21-15-7-13(19)14(20)8-16(15)22(17)9-11-4-3-5-12(18)6-11/h3-8,21H,9-10H2,1-2H3. The van der Waals surface area contributed by atoms with Gasteiger partial charge in [0.2, 0.25) is 0 Å². The van der Waals surface area contributed by atoms with E-state index in [0.29, 0.717) is 24.5 Å². The summed E-state index contributed by atoms with van der Waals surface area (Å²) in [5.74, 6) is -2.07. The average molecular weight is 306 g/mol. The summed E-state index contributed by atoms with van der Waals surface area (Å²) in [5.41, 5.74) is 1.60. The summed E-state index contributed by atoms with van der Waals surface area (Å²) in [6.07, 6.45) is 0. The molecule has 0 atom stereocenters. The van der Waals surface area contributed by atoms with Crippen molar-refractivity contribution in [3.8, 4) is 0 Å². The zero-order chi connectivity index (χ0) is 15.9. The maximum atomic E-state index is 13.6. The maximum Gasteiger partial charge on any atom is 0.161 e. The number of hydrogen-bond acceptors (Lipinski definition) is 2. The molecule has 0 aromatic heterocycles. The van der Waals surface area contributed by atoms with Crippen LogP contribution in [0.25, 0.3) is 0 Å². The summed E-state index contributed by atoms with van der Waals surface area (Å²) in [7, 11) is 0. The fourth-order valence-corrected chi connectivity index (χ4v) is 2.75. The Bertz CT molecular complexity index is 713. The van der Waals surface area contributed by atoms with Crippen molar-refractivity contribution in [3.05, 3.63) is 59.4 Å². The third-order valence-corrected chi connectivity index (χ3v) is 4.00. The van der Waals surface area contributed by atoms with Crippen molar-refractivity contribution in [2.45, 2.75) is 25.9 Å². The predicted molar refractivity (Wildman–Crippen MR) is 81.5 cm³/mol. The van der Waals surface area contributed by atoms with Gasteiger partial charge >= 0.3 is 0 Å². The molecule has 1 heterocycles. The minimum atomic E-state index is -0.887. The second kappa shape index (κ2) is 5.23. The number of fused-ring (bicyclic) bond motifs is 1. The summed E-state index contributed by atoms with van der Waals surface area (Å²) in [6.45, 7) is 5.01. The van der Waals surface area contributed by atoms with E-state index in [2.05, 4.69) is 5.32 Å². The van der Waals surface area contributed by atoms with Gasteiger partial charge in [0.25, 0.3) is 0 Å². The Labute approximate surface area is 127 Å². The van der Waals surface area contributed by atoms with Crippen LogP contribution in [0.15, 0.2) is 36.4 Å². The van der Waals surface area contributed by atoms with E-state index in [9.17, 15) is 13.2 Å². The van der Waals surface area contributed by atoms with Crippen molar-refractivity contribution < 1.29 is 13.2 Å². The molecule has 0 aliphatic carbocycles. The molecule has 116 valence electrons. The molecule has 2 nitrogen and oxygen atoms in total. The van der Waals surface area contributed by atoms with E-state index in [1.165, 1.54) is 24.3 Å². The van der Waals surface area contributed by atoms with Gasteiger partial charge in [0.1, 0.15) is 5.82 Å². The van der Waals surface area contributed by atoms with Gasteiger partial charge in [-0.25, -0.2) is 13.2 Å². The number of nitrogens with zero attached hydrogens (tertiary/aromatic N) is 1. The third kappa shape index (κ3) is 2.63. The number of rotatable bonds is 2. The van der Waals surface area contributed by atoms with Gasteiger partial charge in [-0.05, 0) is 31.5 Å². The summed E-state index contributed by atoms with van der Waals surface area (Å²) in [6, 6.07) is 8.66. The van der Waals surface area contributed by atoms with Gasteiger partial charge in [0, 0.05) is 25.2 Å². The van der Waals surface area contributed by atoms with Crippen LogP contribution in [0.1, 0.15) is 19.4 Å². The van der Waals surface area contributed by atoms with Gasteiger partial charge in [-0.2, -0.15) is 0 Å². The van der Waals surface area contributed by atoms with E-state index >= 15 is 0 Å². The minimum absolute atomic E-state index is 0.309. The first kappa shape index (κ1) is 14.8. The lowest BCUT2D eigenvalue weighted by atomic mass is 9.96. The van der Waals surface area contributed by atoms with Crippen molar-refractivity contribution in [2.75, 3.05) is 16.8 Å². The summed E-state index contributed by atoms with van der Waals surface area (Å²) in [5, 5.41) is 3.13. The Morgan fingerprint density at radius 1 is 1.09 bits per heavy atom. The lowest BCUT2D eigenvalue weighted by molar-refractivity contribution is 0.461. The van der Waals surface area contributed by atoms with E-state index in [1.54, 1.807) is 6.07 Å². The summed E-state index contributed by atoms with van der Waals surface area (Å²) >= 11 is 0. The smallest absolute Gasteiger partial charge is 0.161 e. The van der Waals surface area contributed by atoms with Crippen LogP contribution in [-0.2, 0) is 6.54 Å². The molecule has 3 rings (SSSR count). The molecule has 0 fully saturated rings. The molecule has 0 saturated carbocycles. The fraction of sp³-hybridized carbons (Fsp3) is 0.294. The number of hydrogen-bond donors (Lipinski definition) is 1. The molecule has 5 heteroatoms. The number of anilines is 2. The molecular formula is C17H17F3N2. The van der Waals surface area contributed by atoms with Crippen LogP contribution in [0, 0.1) is 17.5 Å². The normalized spacial score (nSPS) is 16.1. The summed E-state index contributed by atoms with van der Waals surface area (Å²) < 4.78 is 40.5. The van der Waals surface area contributed by atoms with Gasteiger partial charge in [-0.1, -0.05) is 12.1 Å². The van der Waals surface area contributed by atoms with Crippen molar-refractivity contribution in [2.24, 2.45) is 0 Å². The highest BCUT2D eigenvalue weighted by Gasteiger charge is 2.33. The topological polar surface area (TPSA) is 15.3 Å². The van der Waals surface area contributed by atoms with Crippen LogP contribution in [0.4, 0.5) is 24.5 Å². The zero-order valence-electron chi connectivity index (χ0n) is 12.5. The molecule has 2 aromatic rings. The van der Waals surface area contributed by atoms with Crippen LogP contribution in [0.5, 0.6) is 0 Å².